The normalized spacial score (nSPS) is 21.8. The van der Waals surface area contributed by atoms with Crippen molar-refractivity contribution in [2.45, 2.75) is 64.0 Å². The summed E-state index contributed by atoms with van der Waals surface area (Å²) in [6.07, 6.45) is 4.98. The molecule has 2 heterocycles. The van der Waals surface area contributed by atoms with Gasteiger partial charge < -0.3 is 10.1 Å². The molecule has 2 unspecified atom stereocenters. The van der Waals surface area contributed by atoms with Gasteiger partial charge in [0.15, 0.2) is 0 Å². The molecule has 0 aromatic carbocycles. The van der Waals surface area contributed by atoms with Gasteiger partial charge in [0, 0.05) is 29.9 Å². The predicted molar refractivity (Wildman–Crippen MR) is 81.0 cm³/mol. The Morgan fingerprint density at radius 3 is 2.84 bits per heavy atom. The zero-order valence-electron chi connectivity index (χ0n) is 12.5. The number of thiazole rings is 1. The van der Waals surface area contributed by atoms with Crippen LogP contribution in [0.4, 0.5) is 0 Å². The smallest absolute Gasteiger partial charge is 0.0944 e. The summed E-state index contributed by atoms with van der Waals surface area (Å²) in [6.45, 7) is 7.59. The number of aromatic nitrogens is 1. The lowest BCUT2D eigenvalue weighted by Gasteiger charge is -2.19. The number of nitrogens with zero attached hydrogens (tertiary/aromatic N) is 1. The van der Waals surface area contributed by atoms with E-state index in [1.165, 1.54) is 23.5 Å². The van der Waals surface area contributed by atoms with Gasteiger partial charge in [-0.1, -0.05) is 20.8 Å². The summed E-state index contributed by atoms with van der Waals surface area (Å²) in [5.74, 6) is 0. The summed E-state index contributed by atoms with van der Waals surface area (Å²) in [4.78, 5) is 4.78. The van der Waals surface area contributed by atoms with Gasteiger partial charge in [-0.25, -0.2) is 4.98 Å². The van der Waals surface area contributed by atoms with Crippen LogP contribution in [0, 0.1) is 0 Å². The van der Waals surface area contributed by atoms with Crippen molar-refractivity contribution in [1.82, 2.24) is 10.3 Å². The third kappa shape index (κ3) is 4.26. The van der Waals surface area contributed by atoms with Gasteiger partial charge in [-0.15, -0.1) is 11.3 Å². The molecule has 1 fully saturated rings. The van der Waals surface area contributed by atoms with E-state index in [2.05, 4.69) is 31.5 Å². The first-order valence-electron chi connectivity index (χ1n) is 7.23. The Kier molecular flexibility index (Phi) is 4.98. The van der Waals surface area contributed by atoms with Crippen LogP contribution in [0.1, 0.15) is 50.7 Å². The van der Waals surface area contributed by atoms with Gasteiger partial charge in [0.1, 0.15) is 0 Å². The Morgan fingerprint density at radius 1 is 1.53 bits per heavy atom. The van der Waals surface area contributed by atoms with Gasteiger partial charge in [0.05, 0.1) is 16.8 Å². The second-order valence-electron chi connectivity index (χ2n) is 6.44. The van der Waals surface area contributed by atoms with E-state index in [1.807, 2.05) is 7.05 Å². The lowest BCUT2D eigenvalue weighted by Crippen LogP contribution is -2.31. The van der Waals surface area contributed by atoms with Crippen molar-refractivity contribution in [2.75, 3.05) is 13.7 Å². The summed E-state index contributed by atoms with van der Waals surface area (Å²) in [7, 11) is 2.04. The minimum Gasteiger partial charge on any atom is -0.378 e. The number of hydrogen-bond acceptors (Lipinski definition) is 4. The zero-order valence-corrected chi connectivity index (χ0v) is 13.3. The summed E-state index contributed by atoms with van der Waals surface area (Å²) >= 11 is 1.79. The Labute approximate surface area is 120 Å². The lowest BCUT2D eigenvalue weighted by atomic mass is 9.93. The van der Waals surface area contributed by atoms with Crippen LogP contribution in [0.15, 0.2) is 5.38 Å². The zero-order chi connectivity index (χ0) is 13.9. The molecule has 0 spiro atoms. The molecule has 1 saturated heterocycles. The number of ether oxygens (including phenoxy) is 1. The Hall–Kier alpha value is -0.450. The van der Waals surface area contributed by atoms with Crippen molar-refractivity contribution in [3.8, 4) is 0 Å². The van der Waals surface area contributed by atoms with Crippen LogP contribution in [-0.2, 0) is 16.6 Å². The molecule has 108 valence electrons. The highest BCUT2D eigenvalue weighted by atomic mass is 32.1. The molecule has 4 heteroatoms. The number of likely N-dealkylation sites (N-methyl/N-ethyl adjacent to an activating group) is 1. The van der Waals surface area contributed by atoms with Crippen molar-refractivity contribution in [3.05, 3.63) is 16.1 Å². The predicted octanol–water partition coefficient (Wildman–Crippen LogP) is 3.14. The van der Waals surface area contributed by atoms with E-state index in [4.69, 9.17) is 9.72 Å². The van der Waals surface area contributed by atoms with Crippen molar-refractivity contribution in [3.63, 3.8) is 0 Å². The average Bonchev–Trinajstić information content (AvgIpc) is 2.98. The lowest BCUT2D eigenvalue weighted by molar-refractivity contribution is 0.0954. The third-order valence-electron chi connectivity index (χ3n) is 3.72. The number of hydrogen-bond donors (Lipinski definition) is 1. The molecule has 19 heavy (non-hydrogen) atoms. The molecule has 1 N–H and O–H groups in total. The maximum Gasteiger partial charge on any atom is 0.0944 e. The molecule has 0 aliphatic carbocycles. The quantitative estimate of drug-likeness (QED) is 0.901. The van der Waals surface area contributed by atoms with Crippen LogP contribution in [0.3, 0.4) is 0 Å². The maximum absolute atomic E-state index is 5.73. The fourth-order valence-corrected chi connectivity index (χ4v) is 3.51. The minimum atomic E-state index is 0.151. The molecule has 1 aliphatic heterocycles. The molecule has 0 saturated carbocycles. The van der Waals surface area contributed by atoms with E-state index in [-0.39, 0.29) is 5.41 Å². The standard InChI is InChI=1S/C15H26N2OS/c1-15(2,3)13-10-19-14(17-13)9-11(16-4)8-12-6-5-7-18-12/h10-12,16H,5-9H2,1-4H3. The van der Waals surface area contributed by atoms with Crippen LogP contribution < -0.4 is 5.32 Å². The summed E-state index contributed by atoms with van der Waals surface area (Å²) < 4.78 is 5.73. The van der Waals surface area contributed by atoms with E-state index >= 15 is 0 Å². The van der Waals surface area contributed by atoms with Crippen LogP contribution in [-0.4, -0.2) is 30.8 Å². The summed E-state index contributed by atoms with van der Waals surface area (Å²) in [5.41, 5.74) is 1.36. The molecule has 1 aromatic rings. The average molecular weight is 282 g/mol. The molecule has 2 rings (SSSR count). The van der Waals surface area contributed by atoms with E-state index in [0.717, 1.165) is 19.4 Å². The molecule has 0 bridgehead atoms. The molecule has 1 aromatic heterocycles. The Bertz CT molecular complexity index is 391. The van der Waals surface area contributed by atoms with Crippen molar-refractivity contribution < 1.29 is 4.74 Å². The molecular weight excluding hydrogens is 256 g/mol. The third-order valence-corrected chi connectivity index (χ3v) is 4.59. The van der Waals surface area contributed by atoms with Crippen molar-refractivity contribution in [1.29, 1.82) is 0 Å². The fourth-order valence-electron chi connectivity index (χ4n) is 2.41. The first kappa shape index (κ1) is 14.9. The van der Waals surface area contributed by atoms with Crippen molar-refractivity contribution in [2.24, 2.45) is 0 Å². The topological polar surface area (TPSA) is 34.2 Å². The molecule has 0 radical (unpaired) electrons. The van der Waals surface area contributed by atoms with Gasteiger partial charge in [0.2, 0.25) is 0 Å². The van der Waals surface area contributed by atoms with Gasteiger partial charge in [-0.3, -0.25) is 0 Å². The van der Waals surface area contributed by atoms with Gasteiger partial charge >= 0.3 is 0 Å². The highest BCUT2D eigenvalue weighted by molar-refractivity contribution is 7.09. The van der Waals surface area contributed by atoms with Crippen molar-refractivity contribution >= 4 is 11.3 Å². The Morgan fingerprint density at radius 2 is 2.32 bits per heavy atom. The molecule has 1 aliphatic rings. The largest absolute Gasteiger partial charge is 0.378 e. The van der Waals surface area contributed by atoms with Crippen LogP contribution in [0.25, 0.3) is 0 Å². The Balaban J connectivity index is 1.92. The molecule has 0 amide bonds. The fraction of sp³-hybridized carbons (Fsp3) is 0.800. The highest BCUT2D eigenvalue weighted by Gasteiger charge is 2.22. The van der Waals surface area contributed by atoms with Crippen LogP contribution in [0.2, 0.25) is 0 Å². The van der Waals surface area contributed by atoms with Crippen LogP contribution in [0.5, 0.6) is 0 Å². The van der Waals surface area contributed by atoms with E-state index in [0.29, 0.717) is 12.1 Å². The summed E-state index contributed by atoms with van der Waals surface area (Å²) in [5, 5.41) is 6.85. The minimum absolute atomic E-state index is 0.151. The van der Waals surface area contributed by atoms with Gasteiger partial charge in [-0.2, -0.15) is 0 Å². The van der Waals surface area contributed by atoms with Crippen LogP contribution >= 0.6 is 11.3 Å². The molecule has 3 nitrogen and oxygen atoms in total. The van der Waals surface area contributed by atoms with E-state index in [1.54, 1.807) is 11.3 Å². The first-order chi connectivity index (χ1) is 8.99. The van der Waals surface area contributed by atoms with Gasteiger partial charge in [-0.05, 0) is 26.3 Å². The summed E-state index contributed by atoms with van der Waals surface area (Å²) in [6, 6.07) is 0.474. The highest BCUT2D eigenvalue weighted by Crippen LogP contribution is 2.25. The second-order valence-corrected chi connectivity index (χ2v) is 7.38. The monoisotopic (exact) mass is 282 g/mol. The number of nitrogens with one attached hydrogen (secondary N) is 1. The first-order valence-corrected chi connectivity index (χ1v) is 8.10. The molecular formula is C15H26N2OS. The van der Waals surface area contributed by atoms with E-state index < -0.39 is 0 Å². The SMILES string of the molecule is CNC(Cc1nc(C(C)(C)C)cs1)CC1CCCO1. The second kappa shape index (κ2) is 6.33. The molecule has 2 atom stereocenters. The number of rotatable bonds is 5. The maximum atomic E-state index is 5.73. The van der Waals surface area contributed by atoms with E-state index in [9.17, 15) is 0 Å². The van der Waals surface area contributed by atoms with Gasteiger partial charge in [0.25, 0.3) is 0 Å².